The van der Waals surface area contributed by atoms with E-state index in [0.29, 0.717) is 16.3 Å². The minimum atomic E-state index is -1.01. The molecule has 0 aliphatic carbocycles. The Hall–Kier alpha value is -2.52. The Bertz CT molecular complexity index is 1070. The standard InChI is InChI=1S/C19H12Cl4N2O6/c1-30-9-5-3-2-4-8(9)24-10(26)7-31-11(27)6-25-18(28)12-13(19(25)29)15(21)17(23)16(22)14(12)20/h2-5H,6-7H2,1H3,(H,24,26). The van der Waals surface area contributed by atoms with Gasteiger partial charge in [-0.15, -0.1) is 0 Å². The van der Waals surface area contributed by atoms with Crippen molar-refractivity contribution in [3.63, 3.8) is 0 Å². The number of imide groups is 1. The van der Waals surface area contributed by atoms with E-state index in [-0.39, 0.29) is 31.2 Å². The average Bonchev–Trinajstić information content (AvgIpc) is 3.00. The lowest BCUT2D eigenvalue weighted by atomic mass is 10.1. The van der Waals surface area contributed by atoms with Gasteiger partial charge in [-0.05, 0) is 12.1 Å². The number of anilines is 1. The van der Waals surface area contributed by atoms with Gasteiger partial charge in [-0.3, -0.25) is 24.1 Å². The van der Waals surface area contributed by atoms with E-state index in [2.05, 4.69) is 5.32 Å². The highest BCUT2D eigenvalue weighted by Gasteiger charge is 2.42. The molecule has 2 aromatic carbocycles. The molecule has 0 saturated carbocycles. The first-order valence-corrected chi connectivity index (χ1v) is 9.99. The minimum Gasteiger partial charge on any atom is -0.495 e. The van der Waals surface area contributed by atoms with E-state index in [1.165, 1.54) is 7.11 Å². The fourth-order valence-corrected chi connectivity index (χ4v) is 3.81. The molecule has 1 N–H and O–H groups in total. The summed E-state index contributed by atoms with van der Waals surface area (Å²) in [6, 6.07) is 6.64. The van der Waals surface area contributed by atoms with Crippen LogP contribution in [-0.2, 0) is 14.3 Å². The molecule has 0 atom stereocenters. The minimum absolute atomic E-state index is 0.189. The zero-order valence-corrected chi connectivity index (χ0v) is 18.7. The van der Waals surface area contributed by atoms with Crippen molar-refractivity contribution in [2.75, 3.05) is 25.6 Å². The van der Waals surface area contributed by atoms with Crippen molar-refractivity contribution in [1.82, 2.24) is 4.90 Å². The Morgan fingerprint density at radius 3 is 2.03 bits per heavy atom. The maximum absolute atomic E-state index is 12.6. The topological polar surface area (TPSA) is 102 Å². The molecule has 0 bridgehead atoms. The molecule has 0 saturated heterocycles. The van der Waals surface area contributed by atoms with E-state index in [1.54, 1.807) is 24.3 Å². The summed E-state index contributed by atoms with van der Waals surface area (Å²) in [4.78, 5) is 49.9. The summed E-state index contributed by atoms with van der Waals surface area (Å²) in [5.74, 6) is -3.01. The third kappa shape index (κ3) is 4.43. The largest absolute Gasteiger partial charge is 0.495 e. The Labute approximate surface area is 195 Å². The molecule has 31 heavy (non-hydrogen) atoms. The van der Waals surface area contributed by atoms with Crippen LogP contribution in [0.15, 0.2) is 24.3 Å². The van der Waals surface area contributed by atoms with Crippen LogP contribution in [0.25, 0.3) is 0 Å². The van der Waals surface area contributed by atoms with Crippen molar-refractivity contribution in [2.45, 2.75) is 0 Å². The predicted molar refractivity (Wildman–Crippen MR) is 114 cm³/mol. The molecular formula is C19H12Cl4N2O6. The Balaban J connectivity index is 1.65. The number of benzene rings is 2. The molecule has 1 aliphatic rings. The predicted octanol–water partition coefficient (Wildman–Crippen LogP) is 4.09. The molecule has 3 rings (SSSR count). The first-order valence-electron chi connectivity index (χ1n) is 8.48. The van der Waals surface area contributed by atoms with Crippen molar-refractivity contribution < 1.29 is 28.7 Å². The third-order valence-electron chi connectivity index (χ3n) is 4.22. The number of hydrogen-bond donors (Lipinski definition) is 1. The number of esters is 1. The van der Waals surface area contributed by atoms with Crippen molar-refractivity contribution in [2.24, 2.45) is 0 Å². The molecule has 8 nitrogen and oxygen atoms in total. The molecule has 12 heteroatoms. The van der Waals surface area contributed by atoms with Crippen LogP contribution in [0, 0.1) is 0 Å². The molecular weight excluding hydrogens is 494 g/mol. The molecule has 0 unspecified atom stereocenters. The van der Waals surface area contributed by atoms with Crippen LogP contribution in [-0.4, -0.2) is 48.9 Å². The monoisotopic (exact) mass is 504 g/mol. The van der Waals surface area contributed by atoms with Crippen LogP contribution in [0.1, 0.15) is 20.7 Å². The fourth-order valence-electron chi connectivity index (χ4n) is 2.79. The van der Waals surface area contributed by atoms with Crippen molar-refractivity contribution in [3.8, 4) is 5.75 Å². The Kier molecular flexibility index (Phi) is 6.96. The van der Waals surface area contributed by atoms with Crippen LogP contribution in [0.5, 0.6) is 5.75 Å². The summed E-state index contributed by atoms with van der Waals surface area (Å²) >= 11 is 23.9. The highest BCUT2D eigenvalue weighted by atomic mass is 35.5. The molecule has 0 spiro atoms. The first-order chi connectivity index (χ1) is 14.7. The number of nitrogens with zero attached hydrogens (tertiary/aromatic N) is 1. The first kappa shape index (κ1) is 23.1. The number of rotatable bonds is 6. The van der Waals surface area contributed by atoms with E-state index in [4.69, 9.17) is 55.9 Å². The Morgan fingerprint density at radius 2 is 1.48 bits per heavy atom. The summed E-state index contributed by atoms with van der Waals surface area (Å²) in [7, 11) is 1.44. The number of hydrogen-bond acceptors (Lipinski definition) is 6. The van der Waals surface area contributed by atoms with Gasteiger partial charge in [0, 0.05) is 0 Å². The second-order valence-electron chi connectivity index (χ2n) is 6.11. The van der Waals surface area contributed by atoms with Gasteiger partial charge in [0.15, 0.2) is 6.61 Å². The average molecular weight is 506 g/mol. The van der Waals surface area contributed by atoms with Crippen LogP contribution < -0.4 is 10.1 Å². The van der Waals surface area contributed by atoms with E-state index >= 15 is 0 Å². The van der Waals surface area contributed by atoms with Gasteiger partial charge in [0.05, 0.1) is 44.0 Å². The quantitative estimate of drug-likeness (QED) is 0.274. The molecule has 0 fully saturated rings. The summed E-state index contributed by atoms with van der Waals surface area (Å²) in [6.45, 7) is -1.42. The van der Waals surface area contributed by atoms with Crippen molar-refractivity contribution in [3.05, 3.63) is 55.5 Å². The molecule has 0 radical (unpaired) electrons. The van der Waals surface area contributed by atoms with Gasteiger partial charge >= 0.3 is 5.97 Å². The smallest absolute Gasteiger partial charge is 0.326 e. The number of methoxy groups -OCH3 is 1. The maximum atomic E-state index is 12.6. The molecule has 2 aromatic rings. The number of carbonyl (C=O) groups is 4. The van der Waals surface area contributed by atoms with Gasteiger partial charge in [0.25, 0.3) is 17.7 Å². The van der Waals surface area contributed by atoms with Crippen LogP contribution in [0.2, 0.25) is 20.1 Å². The van der Waals surface area contributed by atoms with Gasteiger partial charge in [0.1, 0.15) is 12.3 Å². The lowest BCUT2D eigenvalue weighted by Crippen LogP contribution is -2.36. The van der Waals surface area contributed by atoms with Gasteiger partial charge in [0.2, 0.25) is 0 Å². The van der Waals surface area contributed by atoms with E-state index in [9.17, 15) is 19.2 Å². The number of ether oxygens (including phenoxy) is 2. The van der Waals surface area contributed by atoms with Crippen LogP contribution >= 0.6 is 46.4 Å². The highest BCUT2D eigenvalue weighted by Crippen LogP contribution is 2.44. The maximum Gasteiger partial charge on any atom is 0.326 e. The van der Waals surface area contributed by atoms with Crippen LogP contribution in [0.4, 0.5) is 5.69 Å². The van der Waals surface area contributed by atoms with Crippen molar-refractivity contribution in [1.29, 1.82) is 0 Å². The number of para-hydroxylation sites is 2. The second-order valence-corrected chi connectivity index (χ2v) is 7.62. The fraction of sp³-hybridized carbons (Fsp3) is 0.158. The molecule has 1 heterocycles. The summed E-state index contributed by atoms with van der Waals surface area (Å²) in [5.41, 5.74) is -0.134. The second kappa shape index (κ2) is 9.32. The number of fused-ring (bicyclic) bond motifs is 1. The van der Waals surface area contributed by atoms with Crippen LogP contribution in [0.3, 0.4) is 0 Å². The lowest BCUT2D eigenvalue weighted by molar-refractivity contribution is -0.147. The van der Waals surface area contributed by atoms with Gasteiger partial charge in [-0.25, -0.2) is 0 Å². The Morgan fingerprint density at radius 1 is 0.935 bits per heavy atom. The number of nitrogens with one attached hydrogen (secondary N) is 1. The third-order valence-corrected chi connectivity index (χ3v) is 6.02. The number of carbonyl (C=O) groups excluding carboxylic acids is 4. The van der Waals surface area contributed by atoms with E-state index < -0.39 is 36.8 Å². The van der Waals surface area contributed by atoms with Gasteiger partial charge in [-0.2, -0.15) is 0 Å². The van der Waals surface area contributed by atoms with Gasteiger partial charge in [-0.1, -0.05) is 58.5 Å². The summed E-state index contributed by atoms with van der Waals surface area (Å²) in [5, 5.41) is 1.63. The van der Waals surface area contributed by atoms with Gasteiger partial charge < -0.3 is 14.8 Å². The molecule has 1 aliphatic heterocycles. The normalized spacial score (nSPS) is 12.6. The molecule has 3 amide bonds. The number of halogens is 4. The summed E-state index contributed by atoms with van der Waals surface area (Å²) < 4.78 is 9.97. The highest BCUT2D eigenvalue weighted by molar-refractivity contribution is 6.55. The van der Waals surface area contributed by atoms with E-state index in [1.807, 2.05) is 0 Å². The molecule has 0 aromatic heterocycles. The number of amides is 3. The van der Waals surface area contributed by atoms with Crippen molar-refractivity contribution >= 4 is 75.8 Å². The molecule has 162 valence electrons. The lowest BCUT2D eigenvalue weighted by Gasteiger charge is -2.13. The van der Waals surface area contributed by atoms with E-state index in [0.717, 1.165) is 0 Å². The summed E-state index contributed by atoms with van der Waals surface area (Å²) in [6.07, 6.45) is 0. The zero-order valence-electron chi connectivity index (χ0n) is 15.6. The zero-order chi connectivity index (χ0) is 22.9. The SMILES string of the molecule is COc1ccccc1NC(=O)COC(=O)CN1C(=O)c2c(Cl)c(Cl)c(Cl)c(Cl)c2C1=O.